The van der Waals surface area contributed by atoms with Crippen LogP contribution in [0.2, 0.25) is 0 Å². The van der Waals surface area contributed by atoms with Crippen LogP contribution in [0.4, 0.5) is 0 Å². The van der Waals surface area contributed by atoms with Crippen LogP contribution in [0.5, 0.6) is 0 Å². The van der Waals surface area contributed by atoms with E-state index in [1.807, 2.05) is 0 Å². The first kappa shape index (κ1) is 13.0. The first-order valence-corrected chi connectivity index (χ1v) is 5.50. The fourth-order valence-electron chi connectivity index (χ4n) is 2.05. The Balaban J connectivity index is 3.94. The third-order valence-corrected chi connectivity index (χ3v) is 2.22. The second-order valence-corrected chi connectivity index (χ2v) is 5.68. The van der Waals surface area contributed by atoms with Crippen LogP contribution in [0.15, 0.2) is 0 Å². The molecule has 0 aromatic carbocycles. The molecule has 0 N–H and O–H groups in total. The monoisotopic (exact) mass is 185 g/mol. The molecule has 0 aromatic rings. The van der Waals surface area contributed by atoms with E-state index in [4.69, 9.17) is 0 Å². The second kappa shape index (κ2) is 5.64. The molecule has 0 aliphatic carbocycles. The van der Waals surface area contributed by atoms with Crippen molar-refractivity contribution < 1.29 is 0 Å². The lowest BCUT2D eigenvalue weighted by molar-refractivity contribution is 0.227. The highest BCUT2D eigenvalue weighted by Crippen LogP contribution is 2.27. The zero-order chi connectivity index (χ0) is 10.5. The van der Waals surface area contributed by atoms with Crippen LogP contribution in [-0.2, 0) is 0 Å². The Bertz CT molecular complexity index is 122. The zero-order valence-corrected chi connectivity index (χ0v) is 10.4. The Kier molecular flexibility index (Phi) is 5.62. The van der Waals surface area contributed by atoms with Gasteiger partial charge in [0.15, 0.2) is 0 Å². The molecule has 0 rings (SSSR count). The van der Waals surface area contributed by atoms with Gasteiger partial charge >= 0.3 is 0 Å². The molecule has 0 amide bonds. The van der Waals surface area contributed by atoms with Gasteiger partial charge in [-0.25, -0.2) is 0 Å². The van der Waals surface area contributed by atoms with Crippen molar-refractivity contribution >= 4 is 0 Å². The maximum absolute atomic E-state index is 2.34. The number of nitrogens with zero attached hydrogens (tertiary/aromatic N) is 1. The average Bonchev–Trinajstić information content (AvgIpc) is 1.81. The summed E-state index contributed by atoms with van der Waals surface area (Å²) >= 11 is 0. The van der Waals surface area contributed by atoms with E-state index in [9.17, 15) is 0 Å². The third kappa shape index (κ3) is 8.29. The van der Waals surface area contributed by atoms with Crippen molar-refractivity contribution in [2.45, 2.75) is 47.0 Å². The molecule has 1 unspecified atom stereocenters. The maximum Gasteiger partial charge on any atom is 0.000376 e. The summed E-state index contributed by atoms with van der Waals surface area (Å²) in [5, 5.41) is 0. The highest BCUT2D eigenvalue weighted by Gasteiger charge is 2.18. The largest absolute Gasteiger partial charge is 0.309 e. The minimum Gasteiger partial charge on any atom is -0.309 e. The summed E-state index contributed by atoms with van der Waals surface area (Å²) in [7, 11) is 4.34. The summed E-state index contributed by atoms with van der Waals surface area (Å²) in [4.78, 5) is 2.31. The Morgan fingerprint density at radius 1 is 1.15 bits per heavy atom. The lowest BCUT2D eigenvalue weighted by atomic mass is 9.82. The molecule has 80 valence electrons. The fourth-order valence-corrected chi connectivity index (χ4v) is 2.05. The van der Waals surface area contributed by atoms with Gasteiger partial charge in [0.2, 0.25) is 0 Å². The molecule has 0 bridgehead atoms. The van der Waals surface area contributed by atoms with E-state index < -0.39 is 0 Å². The van der Waals surface area contributed by atoms with E-state index in [2.05, 4.69) is 46.7 Å². The Morgan fingerprint density at radius 3 is 2.00 bits per heavy atom. The lowest BCUT2D eigenvalue weighted by Gasteiger charge is -2.27. The van der Waals surface area contributed by atoms with E-state index >= 15 is 0 Å². The summed E-state index contributed by atoms with van der Waals surface area (Å²) in [5.74, 6) is 0.875. The van der Waals surface area contributed by atoms with Gasteiger partial charge in [-0.1, -0.05) is 34.1 Å². The van der Waals surface area contributed by atoms with Crippen molar-refractivity contribution in [3.8, 4) is 0 Å². The normalized spacial score (nSPS) is 15.0. The predicted molar refractivity (Wildman–Crippen MR) is 61.0 cm³/mol. The minimum absolute atomic E-state index is 0.482. The van der Waals surface area contributed by atoms with E-state index in [-0.39, 0.29) is 0 Å². The highest BCUT2D eigenvalue weighted by molar-refractivity contribution is 4.70. The van der Waals surface area contributed by atoms with Crippen LogP contribution in [0.25, 0.3) is 0 Å². The first-order valence-electron chi connectivity index (χ1n) is 5.50. The smallest absolute Gasteiger partial charge is 0.000376 e. The average molecular weight is 185 g/mol. The molecule has 0 heterocycles. The molecule has 0 saturated heterocycles. The van der Waals surface area contributed by atoms with Crippen LogP contribution in [0.1, 0.15) is 47.0 Å². The number of rotatable bonds is 5. The zero-order valence-electron chi connectivity index (χ0n) is 10.4. The summed E-state index contributed by atoms with van der Waals surface area (Å²) in [6.07, 6.45) is 4.03. The van der Waals surface area contributed by atoms with Crippen molar-refractivity contribution in [2.75, 3.05) is 20.6 Å². The standard InChI is InChI=1S/C12H27N/c1-7-8-11(10-13(5)6)9-12(2,3)4/h11H,7-10H2,1-6H3. The van der Waals surface area contributed by atoms with Crippen molar-refractivity contribution in [2.24, 2.45) is 11.3 Å². The SMILES string of the molecule is CCCC(CN(C)C)CC(C)(C)C. The molecule has 0 saturated carbocycles. The predicted octanol–water partition coefficient (Wildman–Crippen LogP) is 3.40. The van der Waals surface area contributed by atoms with Gasteiger partial charge < -0.3 is 4.90 Å². The van der Waals surface area contributed by atoms with Gasteiger partial charge in [0.05, 0.1) is 0 Å². The summed E-state index contributed by atoms with van der Waals surface area (Å²) in [6, 6.07) is 0. The van der Waals surface area contributed by atoms with Crippen LogP contribution >= 0.6 is 0 Å². The van der Waals surface area contributed by atoms with Crippen molar-refractivity contribution in [3.05, 3.63) is 0 Å². The molecular formula is C12H27N. The molecule has 0 fully saturated rings. The van der Waals surface area contributed by atoms with Crippen LogP contribution in [-0.4, -0.2) is 25.5 Å². The van der Waals surface area contributed by atoms with Gasteiger partial charge in [-0.2, -0.15) is 0 Å². The Hall–Kier alpha value is -0.0400. The fraction of sp³-hybridized carbons (Fsp3) is 1.00. The van der Waals surface area contributed by atoms with E-state index in [0.29, 0.717) is 5.41 Å². The van der Waals surface area contributed by atoms with Crippen molar-refractivity contribution in [1.82, 2.24) is 4.90 Å². The molecule has 13 heavy (non-hydrogen) atoms. The summed E-state index contributed by atoms with van der Waals surface area (Å²) in [5.41, 5.74) is 0.482. The quantitative estimate of drug-likeness (QED) is 0.634. The summed E-state index contributed by atoms with van der Waals surface area (Å²) in [6.45, 7) is 10.5. The molecule has 1 heteroatoms. The van der Waals surface area contributed by atoms with E-state index in [1.165, 1.54) is 25.8 Å². The highest BCUT2D eigenvalue weighted by atomic mass is 15.1. The first-order chi connectivity index (χ1) is 5.85. The molecule has 0 aromatic heterocycles. The molecule has 0 spiro atoms. The topological polar surface area (TPSA) is 3.24 Å². The van der Waals surface area contributed by atoms with Crippen molar-refractivity contribution in [3.63, 3.8) is 0 Å². The van der Waals surface area contributed by atoms with E-state index in [0.717, 1.165) is 5.92 Å². The maximum atomic E-state index is 2.34. The lowest BCUT2D eigenvalue weighted by Crippen LogP contribution is -2.25. The Labute approximate surface area is 84.5 Å². The van der Waals surface area contributed by atoms with Gasteiger partial charge in [-0.15, -0.1) is 0 Å². The van der Waals surface area contributed by atoms with Gasteiger partial charge in [-0.05, 0) is 38.3 Å². The van der Waals surface area contributed by atoms with Gasteiger partial charge in [0.25, 0.3) is 0 Å². The van der Waals surface area contributed by atoms with Gasteiger partial charge in [-0.3, -0.25) is 0 Å². The van der Waals surface area contributed by atoms with Crippen LogP contribution in [0.3, 0.4) is 0 Å². The molecule has 0 aliphatic rings. The van der Waals surface area contributed by atoms with Gasteiger partial charge in [0.1, 0.15) is 0 Å². The second-order valence-electron chi connectivity index (χ2n) is 5.68. The number of hydrogen-bond acceptors (Lipinski definition) is 1. The van der Waals surface area contributed by atoms with Crippen molar-refractivity contribution in [1.29, 1.82) is 0 Å². The Morgan fingerprint density at radius 2 is 1.69 bits per heavy atom. The third-order valence-electron chi connectivity index (χ3n) is 2.22. The number of hydrogen-bond donors (Lipinski definition) is 0. The molecule has 0 aliphatic heterocycles. The molecule has 1 atom stereocenters. The molecule has 1 nitrogen and oxygen atoms in total. The molecular weight excluding hydrogens is 158 g/mol. The molecule has 0 radical (unpaired) electrons. The van der Waals surface area contributed by atoms with Gasteiger partial charge in [0, 0.05) is 6.54 Å². The summed E-state index contributed by atoms with van der Waals surface area (Å²) < 4.78 is 0. The van der Waals surface area contributed by atoms with Crippen LogP contribution in [0, 0.1) is 11.3 Å². The van der Waals surface area contributed by atoms with Crippen LogP contribution < -0.4 is 0 Å². The van der Waals surface area contributed by atoms with E-state index in [1.54, 1.807) is 0 Å². The minimum atomic E-state index is 0.482.